The second-order valence-corrected chi connectivity index (χ2v) is 7.83. The molecule has 0 aliphatic heterocycles. The standard InChI is InChI=1S/C19H37N/c1-4-5-6-7-8-9-16-10-11-18-15-19(20(2)3)13-12-17(18)14-16/h16-19H,4-15H2,1-3H3. The summed E-state index contributed by atoms with van der Waals surface area (Å²) in [5, 5.41) is 0. The first-order valence-electron chi connectivity index (χ1n) is 9.37. The van der Waals surface area contributed by atoms with E-state index in [9.17, 15) is 0 Å². The van der Waals surface area contributed by atoms with E-state index in [1.165, 1.54) is 70.6 Å². The van der Waals surface area contributed by atoms with Gasteiger partial charge in [-0.15, -0.1) is 0 Å². The molecule has 0 bridgehead atoms. The molecule has 0 aromatic rings. The van der Waals surface area contributed by atoms with E-state index in [0.717, 1.165) is 23.8 Å². The molecule has 0 aromatic heterocycles. The summed E-state index contributed by atoms with van der Waals surface area (Å²) in [6.45, 7) is 2.31. The zero-order valence-electron chi connectivity index (χ0n) is 14.2. The molecule has 0 aromatic carbocycles. The Morgan fingerprint density at radius 3 is 2.25 bits per heavy atom. The van der Waals surface area contributed by atoms with Crippen molar-refractivity contribution >= 4 is 0 Å². The third-order valence-electron chi connectivity index (χ3n) is 6.14. The van der Waals surface area contributed by atoms with E-state index in [4.69, 9.17) is 0 Å². The highest BCUT2D eigenvalue weighted by Crippen LogP contribution is 2.44. The van der Waals surface area contributed by atoms with Crippen LogP contribution >= 0.6 is 0 Å². The fourth-order valence-electron chi connectivity index (χ4n) is 4.73. The van der Waals surface area contributed by atoms with Crippen LogP contribution < -0.4 is 0 Å². The second-order valence-electron chi connectivity index (χ2n) is 7.83. The van der Waals surface area contributed by atoms with E-state index < -0.39 is 0 Å². The molecule has 2 aliphatic carbocycles. The van der Waals surface area contributed by atoms with Gasteiger partial charge in [0.05, 0.1) is 0 Å². The first-order valence-corrected chi connectivity index (χ1v) is 9.37. The maximum Gasteiger partial charge on any atom is 0.00920 e. The molecule has 118 valence electrons. The van der Waals surface area contributed by atoms with E-state index >= 15 is 0 Å². The van der Waals surface area contributed by atoms with Crippen LogP contribution in [0, 0.1) is 17.8 Å². The fourth-order valence-corrected chi connectivity index (χ4v) is 4.73. The van der Waals surface area contributed by atoms with Crippen LogP contribution in [0.5, 0.6) is 0 Å². The van der Waals surface area contributed by atoms with Gasteiger partial charge in [0.15, 0.2) is 0 Å². The van der Waals surface area contributed by atoms with Gasteiger partial charge in [0, 0.05) is 6.04 Å². The van der Waals surface area contributed by atoms with E-state index in [2.05, 4.69) is 25.9 Å². The highest BCUT2D eigenvalue weighted by atomic mass is 15.1. The number of hydrogen-bond donors (Lipinski definition) is 0. The van der Waals surface area contributed by atoms with Crippen molar-refractivity contribution in [3.8, 4) is 0 Å². The van der Waals surface area contributed by atoms with Gasteiger partial charge in [0.25, 0.3) is 0 Å². The zero-order chi connectivity index (χ0) is 14.4. The smallest absolute Gasteiger partial charge is 0.00920 e. The Kier molecular flexibility index (Phi) is 6.87. The van der Waals surface area contributed by atoms with Gasteiger partial charge in [0.2, 0.25) is 0 Å². The van der Waals surface area contributed by atoms with Crippen LogP contribution in [-0.2, 0) is 0 Å². The molecule has 4 atom stereocenters. The van der Waals surface area contributed by atoms with Crippen molar-refractivity contribution in [3.05, 3.63) is 0 Å². The molecule has 2 rings (SSSR count). The Morgan fingerprint density at radius 1 is 0.800 bits per heavy atom. The topological polar surface area (TPSA) is 3.24 Å². The summed E-state index contributed by atoms with van der Waals surface area (Å²) < 4.78 is 0. The minimum Gasteiger partial charge on any atom is -0.306 e. The number of hydrogen-bond acceptors (Lipinski definition) is 1. The van der Waals surface area contributed by atoms with Crippen molar-refractivity contribution in [3.63, 3.8) is 0 Å². The van der Waals surface area contributed by atoms with Gasteiger partial charge < -0.3 is 4.90 Å². The molecule has 20 heavy (non-hydrogen) atoms. The van der Waals surface area contributed by atoms with Gasteiger partial charge in [-0.25, -0.2) is 0 Å². The molecule has 0 radical (unpaired) electrons. The Hall–Kier alpha value is -0.0400. The summed E-state index contributed by atoms with van der Waals surface area (Å²) in [6.07, 6.45) is 17.9. The van der Waals surface area contributed by atoms with Crippen molar-refractivity contribution in [1.82, 2.24) is 4.90 Å². The van der Waals surface area contributed by atoms with Gasteiger partial charge in [-0.3, -0.25) is 0 Å². The molecule has 0 saturated heterocycles. The number of rotatable bonds is 7. The fraction of sp³-hybridized carbons (Fsp3) is 1.00. The minimum atomic E-state index is 0.877. The van der Waals surface area contributed by atoms with E-state index in [1.54, 1.807) is 6.42 Å². The Bertz CT molecular complexity index is 260. The molecule has 2 aliphatic rings. The van der Waals surface area contributed by atoms with Crippen LogP contribution in [0.15, 0.2) is 0 Å². The van der Waals surface area contributed by atoms with E-state index in [1.807, 2.05) is 0 Å². The largest absolute Gasteiger partial charge is 0.306 e. The molecular weight excluding hydrogens is 242 g/mol. The Labute approximate surface area is 127 Å². The predicted octanol–water partition coefficient (Wildman–Crippen LogP) is 5.49. The molecule has 1 heteroatoms. The van der Waals surface area contributed by atoms with Gasteiger partial charge >= 0.3 is 0 Å². The lowest BCUT2D eigenvalue weighted by molar-refractivity contribution is 0.0753. The lowest BCUT2D eigenvalue weighted by atomic mass is 9.65. The second kappa shape index (κ2) is 8.41. The highest BCUT2D eigenvalue weighted by molar-refractivity contribution is 4.88. The molecule has 0 amide bonds. The Morgan fingerprint density at radius 2 is 1.50 bits per heavy atom. The number of fused-ring (bicyclic) bond motifs is 1. The summed E-state index contributed by atoms with van der Waals surface area (Å²) in [5.41, 5.74) is 0. The van der Waals surface area contributed by atoms with Crippen LogP contribution in [0.2, 0.25) is 0 Å². The summed E-state index contributed by atoms with van der Waals surface area (Å²) in [7, 11) is 4.54. The average molecular weight is 280 g/mol. The summed E-state index contributed by atoms with van der Waals surface area (Å²) in [4.78, 5) is 2.47. The van der Waals surface area contributed by atoms with Gasteiger partial charge in [-0.1, -0.05) is 51.9 Å². The number of nitrogens with zero attached hydrogens (tertiary/aromatic N) is 1. The molecule has 1 nitrogen and oxygen atoms in total. The number of unbranched alkanes of at least 4 members (excludes halogenated alkanes) is 4. The molecular formula is C19H37N. The first kappa shape index (κ1) is 16.3. The van der Waals surface area contributed by atoms with Crippen molar-refractivity contribution < 1.29 is 0 Å². The quantitative estimate of drug-likeness (QED) is 0.557. The maximum absolute atomic E-state index is 2.47. The molecule has 0 N–H and O–H groups in total. The van der Waals surface area contributed by atoms with Crippen LogP contribution in [0.3, 0.4) is 0 Å². The van der Waals surface area contributed by atoms with Crippen LogP contribution in [0.25, 0.3) is 0 Å². The highest BCUT2D eigenvalue weighted by Gasteiger charge is 2.35. The summed E-state index contributed by atoms with van der Waals surface area (Å²) >= 11 is 0. The maximum atomic E-state index is 2.47. The molecule has 2 fully saturated rings. The van der Waals surface area contributed by atoms with Crippen LogP contribution in [0.1, 0.15) is 84.0 Å². The average Bonchev–Trinajstić information content (AvgIpc) is 2.46. The minimum absolute atomic E-state index is 0.877. The molecule has 0 spiro atoms. The summed E-state index contributed by atoms with van der Waals surface area (Å²) in [6, 6.07) is 0.877. The zero-order valence-corrected chi connectivity index (χ0v) is 14.2. The van der Waals surface area contributed by atoms with E-state index in [-0.39, 0.29) is 0 Å². The Balaban J connectivity index is 1.65. The molecule has 0 heterocycles. The third kappa shape index (κ3) is 4.76. The first-order chi connectivity index (χ1) is 9.70. The third-order valence-corrected chi connectivity index (χ3v) is 6.14. The van der Waals surface area contributed by atoms with Crippen molar-refractivity contribution in [1.29, 1.82) is 0 Å². The lowest BCUT2D eigenvalue weighted by Crippen LogP contribution is -2.39. The van der Waals surface area contributed by atoms with Gasteiger partial charge in [0.1, 0.15) is 0 Å². The SMILES string of the molecule is CCCCCCCC1CCC2CC(N(C)C)CCC2C1. The normalized spacial score (nSPS) is 34.2. The summed E-state index contributed by atoms with van der Waals surface area (Å²) in [5.74, 6) is 3.22. The van der Waals surface area contributed by atoms with Crippen LogP contribution in [0.4, 0.5) is 0 Å². The molecule has 4 unspecified atom stereocenters. The van der Waals surface area contributed by atoms with E-state index in [0.29, 0.717) is 0 Å². The van der Waals surface area contributed by atoms with Crippen molar-refractivity contribution in [2.75, 3.05) is 14.1 Å². The monoisotopic (exact) mass is 279 g/mol. The van der Waals surface area contributed by atoms with Crippen LogP contribution in [-0.4, -0.2) is 25.0 Å². The van der Waals surface area contributed by atoms with Gasteiger partial charge in [-0.05, 0) is 64.0 Å². The lowest BCUT2D eigenvalue weighted by Gasteiger charge is -2.44. The predicted molar refractivity (Wildman–Crippen MR) is 89.0 cm³/mol. The van der Waals surface area contributed by atoms with Crippen molar-refractivity contribution in [2.45, 2.75) is 90.0 Å². The van der Waals surface area contributed by atoms with Gasteiger partial charge in [-0.2, -0.15) is 0 Å². The molecule has 2 saturated carbocycles. The van der Waals surface area contributed by atoms with Crippen molar-refractivity contribution in [2.24, 2.45) is 17.8 Å².